The van der Waals surface area contributed by atoms with Crippen LogP contribution < -0.4 is 0 Å². The van der Waals surface area contributed by atoms with Crippen LogP contribution in [0.25, 0.3) is 6.08 Å². The largest absolute Gasteiger partial charge is 0.0758 e. The van der Waals surface area contributed by atoms with Crippen LogP contribution >= 0.6 is 0 Å². The Morgan fingerprint density at radius 3 is 2.07 bits per heavy atom. The minimum Gasteiger partial charge on any atom is -0.0758 e. The maximum absolute atomic E-state index is 2.22. The summed E-state index contributed by atoms with van der Waals surface area (Å²) in [6, 6.07) is 6.55. The van der Waals surface area contributed by atoms with Crippen molar-refractivity contribution in [1.82, 2.24) is 0 Å². The molecule has 0 saturated carbocycles. The zero-order chi connectivity index (χ0) is 11.1. The smallest absolute Gasteiger partial charge is 0.0228 e. The monoisotopic (exact) mass is 190 g/mol. The van der Waals surface area contributed by atoms with E-state index in [1.54, 1.807) is 0 Å². The van der Waals surface area contributed by atoms with Crippen LogP contribution in [0.1, 0.15) is 44.4 Å². The van der Waals surface area contributed by atoms with E-state index in [-0.39, 0.29) is 0 Å². The van der Waals surface area contributed by atoms with Crippen LogP contribution in [0, 0.1) is 13.8 Å². The summed E-state index contributed by atoms with van der Waals surface area (Å²) in [5, 5.41) is 0. The molecule has 1 aromatic rings. The Hall–Kier alpha value is -1.04. The van der Waals surface area contributed by atoms with Gasteiger partial charge in [0.1, 0.15) is 0 Å². The third kappa shape index (κ3) is 4.27. The van der Waals surface area contributed by atoms with E-state index in [2.05, 4.69) is 52.0 Å². The average molecular weight is 190 g/mol. The fourth-order valence-electron chi connectivity index (χ4n) is 1.30. The number of rotatable bonds is 1. The van der Waals surface area contributed by atoms with E-state index >= 15 is 0 Å². The third-order valence-corrected chi connectivity index (χ3v) is 1.87. The minimum atomic E-state index is 1.33. The molecule has 0 atom stereocenters. The summed E-state index contributed by atoms with van der Waals surface area (Å²) in [6.07, 6.45) is 2.22. The molecule has 0 aliphatic carbocycles. The molecular formula is C14H22. The van der Waals surface area contributed by atoms with Crippen molar-refractivity contribution >= 4 is 6.08 Å². The van der Waals surface area contributed by atoms with Gasteiger partial charge in [-0.25, -0.2) is 0 Å². The molecule has 0 N–H and O–H groups in total. The van der Waals surface area contributed by atoms with Crippen molar-refractivity contribution in [3.8, 4) is 0 Å². The average Bonchev–Trinajstić information content (AvgIpc) is 2.13. The normalized spacial score (nSPS) is 8.71. The molecule has 1 aromatic carbocycles. The molecule has 0 nitrogen and oxygen atoms in total. The molecule has 0 fully saturated rings. The first kappa shape index (κ1) is 13.0. The van der Waals surface area contributed by atoms with Crippen molar-refractivity contribution in [1.29, 1.82) is 0 Å². The Bertz CT molecular complexity index is 302. The molecule has 0 spiro atoms. The van der Waals surface area contributed by atoms with Crippen molar-refractivity contribution in [3.63, 3.8) is 0 Å². The maximum Gasteiger partial charge on any atom is -0.0228 e. The van der Waals surface area contributed by atoms with Gasteiger partial charge in [-0.15, -0.1) is 0 Å². The Balaban J connectivity index is 0.000000791. The van der Waals surface area contributed by atoms with Gasteiger partial charge in [0, 0.05) is 0 Å². The second-order valence-electron chi connectivity index (χ2n) is 3.58. The molecule has 0 saturated heterocycles. The molecular weight excluding hydrogens is 168 g/mol. The quantitative estimate of drug-likeness (QED) is 0.599. The molecule has 0 heterocycles. The van der Waals surface area contributed by atoms with Crippen molar-refractivity contribution in [2.75, 3.05) is 0 Å². The van der Waals surface area contributed by atoms with E-state index in [0.717, 1.165) is 0 Å². The first-order chi connectivity index (χ1) is 6.59. The Labute approximate surface area is 88.7 Å². The zero-order valence-corrected chi connectivity index (χ0v) is 10.3. The van der Waals surface area contributed by atoms with E-state index in [4.69, 9.17) is 0 Å². The Morgan fingerprint density at radius 2 is 1.64 bits per heavy atom. The fourth-order valence-corrected chi connectivity index (χ4v) is 1.30. The Morgan fingerprint density at radius 1 is 1.07 bits per heavy atom. The lowest BCUT2D eigenvalue weighted by molar-refractivity contribution is 1.35. The fraction of sp³-hybridized carbons (Fsp3) is 0.429. The first-order valence-corrected chi connectivity index (χ1v) is 5.32. The highest BCUT2D eigenvalue weighted by atomic mass is 14.0. The van der Waals surface area contributed by atoms with Gasteiger partial charge < -0.3 is 0 Å². The number of hydrogen-bond donors (Lipinski definition) is 0. The van der Waals surface area contributed by atoms with Crippen LogP contribution in [-0.2, 0) is 0 Å². The molecule has 0 bridgehead atoms. The van der Waals surface area contributed by atoms with Gasteiger partial charge in [-0.2, -0.15) is 0 Å². The van der Waals surface area contributed by atoms with Gasteiger partial charge in [-0.3, -0.25) is 0 Å². The minimum absolute atomic E-state index is 1.33. The molecule has 0 aliphatic heterocycles. The number of allylic oxidation sites excluding steroid dienone is 1. The predicted octanol–water partition coefficient (Wildman–Crippen LogP) is 4.75. The van der Waals surface area contributed by atoms with Crippen LogP contribution in [0.3, 0.4) is 0 Å². The van der Waals surface area contributed by atoms with Gasteiger partial charge in [0.25, 0.3) is 0 Å². The molecule has 0 heteroatoms. The molecule has 0 aliphatic rings. The summed E-state index contributed by atoms with van der Waals surface area (Å²) in [4.78, 5) is 0. The molecule has 78 valence electrons. The van der Waals surface area contributed by atoms with Crippen LogP contribution in [0.15, 0.2) is 23.8 Å². The van der Waals surface area contributed by atoms with Gasteiger partial charge in [-0.1, -0.05) is 49.3 Å². The van der Waals surface area contributed by atoms with E-state index in [9.17, 15) is 0 Å². The van der Waals surface area contributed by atoms with Crippen LogP contribution in [0.5, 0.6) is 0 Å². The van der Waals surface area contributed by atoms with Gasteiger partial charge in [0.05, 0.1) is 0 Å². The summed E-state index contributed by atoms with van der Waals surface area (Å²) in [5.74, 6) is 0. The van der Waals surface area contributed by atoms with Crippen molar-refractivity contribution in [2.24, 2.45) is 0 Å². The number of hydrogen-bond acceptors (Lipinski definition) is 0. The third-order valence-electron chi connectivity index (χ3n) is 1.87. The number of benzene rings is 1. The highest BCUT2D eigenvalue weighted by Gasteiger charge is 1.93. The van der Waals surface area contributed by atoms with E-state index in [1.165, 1.54) is 22.3 Å². The second kappa shape index (κ2) is 6.42. The van der Waals surface area contributed by atoms with Crippen molar-refractivity contribution < 1.29 is 0 Å². The molecule has 0 amide bonds. The maximum atomic E-state index is 2.22. The summed E-state index contributed by atoms with van der Waals surface area (Å²) in [5.41, 5.74) is 5.37. The van der Waals surface area contributed by atoms with Gasteiger partial charge >= 0.3 is 0 Å². The molecule has 14 heavy (non-hydrogen) atoms. The highest BCUT2D eigenvalue weighted by Crippen LogP contribution is 2.13. The van der Waals surface area contributed by atoms with Gasteiger partial charge in [0.2, 0.25) is 0 Å². The van der Waals surface area contributed by atoms with Gasteiger partial charge in [0.15, 0.2) is 0 Å². The first-order valence-electron chi connectivity index (χ1n) is 5.32. The van der Waals surface area contributed by atoms with Crippen LogP contribution in [0.4, 0.5) is 0 Å². The van der Waals surface area contributed by atoms with Crippen LogP contribution in [-0.4, -0.2) is 0 Å². The lowest BCUT2D eigenvalue weighted by Crippen LogP contribution is -1.82. The lowest BCUT2D eigenvalue weighted by atomic mass is 10.0. The zero-order valence-electron chi connectivity index (χ0n) is 10.3. The van der Waals surface area contributed by atoms with Crippen molar-refractivity contribution in [2.45, 2.75) is 41.5 Å². The Kier molecular flexibility index (Phi) is 5.94. The molecule has 1 rings (SSSR count). The van der Waals surface area contributed by atoms with Gasteiger partial charge in [-0.05, 0) is 38.8 Å². The predicted molar refractivity (Wildman–Crippen MR) is 66.6 cm³/mol. The highest BCUT2D eigenvalue weighted by molar-refractivity contribution is 5.56. The van der Waals surface area contributed by atoms with E-state index in [0.29, 0.717) is 0 Å². The molecule has 0 radical (unpaired) electrons. The standard InChI is InChI=1S/C12H16.C2H6/c1-9(2)7-12-6-5-10(3)8-11(12)4;1-2/h5-8H,1-4H3;1-2H3. The SMILES string of the molecule is CC.CC(C)=Cc1ccc(C)cc1C. The number of aryl methyl sites for hydroxylation is 2. The lowest BCUT2D eigenvalue weighted by Gasteiger charge is -2.02. The van der Waals surface area contributed by atoms with E-state index < -0.39 is 0 Å². The van der Waals surface area contributed by atoms with Crippen LogP contribution in [0.2, 0.25) is 0 Å². The topological polar surface area (TPSA) is 0 Å². The summed E-state index contributed by atoms with van der Waals surface area (Å²) in [7, 11) is 0. The van der Waals surface area contributed by atoms with E-state index in [1.807, 2.05) is 13.8 Å². The summed E-state index contributed by atoms with van der Waals surface area (Å²) >= 11 is 0. The summed E-state index contributed by atoms with van der Waals surface area (Å²) < 4.78 is 0. The summed E-state index contributed by atoms with van der Waals surface area (Å²) in [6.45, 7) is 12.5. The van der Waals surface area contributed by atoms with Crippen molar-refractivity contribution in [3.05, 3.63) is 40.5 Å². The molecule has 0 aromatic heterocycles. The molecule has 0 unspecified atom stereocenters. The second-order valence-corrected chi connectivity index (χ2v) is 3.58.